The summed E-state index contributed by atoms with van der Waals surface area (Å²) in [5.74, 6) is 0. The van der Waals surface area contributed by atoms with E-state index >= 15 is 0 Å². The van der Waals surface area contributed by atoms with E-state index in [0.29, 0.717) is 18.8 Å². The molecular formula is C11H18N2O4S. The summed E-state index contributed by atoms with van der Waals surface area (Å²) in [4.78, 5) is 2.84. The molecule has 0 radical (unpaired) electrons. The van der Waals surface area contributed by atoms with Crippen LogP contribution in [0.2, 0.25) is 0 Å². The second-order valence-corrected chi connectivity index (χ2v) is 6.13. The molecule has 1 unspecified atom stereocenters. The van der Waals surface area contributed by atoms with Crippen LogP contribution in [-0.4, -0.2) is 37.8 Å². The zero-order valence-electron chi connectivity index (χ0n) is 10.1. The molecular weight excluding hydrogens is 256 g/mol. The SMILES string of the molecule is O=S(=O)(NCC1CCCCO1)c1c[nH]c(CO)c1. The van der Waals surface area contributed by atoms with Crippen LogP contribution in [0.25, 0.3) is 0 Å². The largest absolute Gasteiger partial charge is 0.390 e. The Morgan fingerprint density at radius 1 is 1.50 bits per heavy atom. The van der Waals surface area contributed by atoms with Crippen molar-refractivity contribution in [2.75, 3.05) is 13.2 Å². The number of ether oxygens (including phenoxy) is 1. The average Bonchev–Trinajstić information content (AvgIpc) is 2.87. The fraction of sp³-hybridized carbons (Fsp3) is 0.636. The fourth-order valence-electron chi connectivity index (χ4n) is 1.92. The Kier molecular flexibility index (Phi) is 4.39. The lowest BCUT2D eigenvalue weighted by atomic mass is 10.1. The van der Waals surface area contributed by atoms with E-state index in [0.717, 1.165) is 19.3 Å². The highest BCUT2D eigenvalue weighted by Crippen LogP contribution is 2.14. The van der Waals surface area contributed by atoms with Gasteiger partial charge in [-0.3, -0.25) is 0 Å². The zero-order valence-corrected chi connectivity index (χ0v) is 10.9. The van der Waals surface area contributed by atoms with Crippen molar-refractivity contribution in [1.29, 1.82) is 0 Å². The Bertz CT molecular complexity index is 477. The van der Waals surface area contributed by atoms with Gasteiger partial charge in [0.25, 0.3) is 0 Å². The fourth-order valence-corrected chi connectivity index (χ4v) is 3.00. The monoisotopic (exact) mass is 274 g/mol. The predicted molar refractivity (Wildman–Crippen MR) is 65.5 cm³/mol. The standard InChI is InChI=1S/C11H18N2O4S/c14-8-9-5-11(7-12-9)18(15,16)13-6-10-3-1-2-4-17-10/h5,7,10,12-14H,1-4,6,8H2. The minimum Gasteiger partial charge on any atom is -0.390 e. The van der Waals surface area contributed by atoms with Crippen molar-refractivity contribution in [1.82, 2.24) is 9.71 Å². The first-order chi connectivity index (χ1) is 8.62. The number of nitrogens with one attached hydrogen (secondary N) is 2. The number of hydrogen-bond acceptors (Lipinski definition) is 4. The molecule has 102 valence electrons. The Labute approximate surface area is 106 Å². The van der Waals surface area contributed by atoms with Crippen LogP contribution in [0.15, 0.2) is 17.2 Å². The van der Waals surface area contributed by atoms with E-state index in [-0.39, 0.29) is 17.6 Å². The first-order valence-electron chi connectivity index (χ1n) is 6.01. The van der Waals surface area contributed by atoms with Crippen LogP contribution in [0.3, 0.4) is 0 Å². The third-order valence-corrected chi connectivity index (χ3v) is 4.37. The first-order valence-corrected chi connectivity index (χ1v) is 7.49. The molecule has 1 aromatic heterocycles. The number of aromatic nitrogens is 1. The normalized spacial score (nSPS) is 21.1. The highest BCUT2D eigenvalue weighted by atomic mass is 32.2. The van der Waals surface area contributed by atoms with Crippen molar-refractivity contribution in [2.45, 2.75) is 36.9 Å². The number of H-pyrrole nitrogens is 1. The highest BCUT2D eigenvalue weighted by molar-refractivity contribution is 7.89. The molecule has 18 heavy (non-hydrogen) atoms. The molecule has 0 aromatic carbocycles. The molecule has 6 nitrogen and oxygen atoms in total. The van der Waals surface area contributed by atoms with Gasteiger partial charge in [-0.1, -0.05) is 0 Å². The zero-order chi connectivity index (χ0) is 13.0. The quantitative estimate of drug-likeness (QED) is 0.722. The Hall–Kier alpha value is -0.890. The molecule has 0 amide bonds. The summed E-state index contributed by atoms with van der Waals surface area (Å²) in [6.45, 7) is 0.786. The lowest BCUT2D eigenvalue weighted by Gasteiger charge is -2.22. The van der Waals surface area contributed by atoms with Crippen LogP contribution >= 0.6 is 0 Å². The van der Waals surface area contributed by atoms with Crippen molar-refractivity contribution in [2.24, 2.45) is 0 Å². The number of aliphatic hydroxyl groups is 1. The van der Waals surface area contributed by atoms with Crippen LogP contribution in [0, 0.1) is 0 Å². The maximum absolute atomic E-state index is 11.9. The van der Waals surface area contributed by atoms with Gasteiger partial charge >= 0.3 is 0 Å². The molecule has 1 aromatic rings. The number of aliphatic hydroxyl groups excluding tert-OH is 1. The molecule has 1 fully saturated rings. The maximum atomic E-state index is 11.9. The Balaban J connectivity index is 1.94. The maximum Gasteiger partial charge on any atom is 0.242 e. The number of rotatable bonds is 5. The molecule has 0 bridgehead atoms. The van der Waals surface area contributed by atoms with Gasteiger partial charge < -0.3 is 14.8 Å². The van der Waals surface area contributed by atoms with Gasteiger partial charge in [0, 0.05) is 25.0 Å². The van der Waals surface area contributed by atoms with E-state index in [1.165, 1.54) is 12.3 Å². The summed E-state index contributed by atoms with van der Waals surface area (Å²) < 4.78 is 31.9. The highest BCUT2D eigenvalue weighted by Gasteiger charge is 2.20. The predicted octanol–water partition coefficient (Wildman–Crippen LogP) is 0.354. The van der Waals surface area contributed by atoms with E-state index in [2.05, 4.69) is 9.71 Å². The molecule has 3 N–H and O–H groups in total. The number of aromatic amines is 1. The van der Waals surface area contributed by atoms with Gasteiger partial charge in [-0.2, -0.15) is 0 Å². The van der Waals surface area contributed by atoms with Crippen molar-refractivity contribution in [3.8, 4) is 0 Å². The van der Waals surface area contributed by atoms with E-state index < -0.39 is 10.0 Å². The van der Waals surface area contributed by atoms with E-state index in [1.807, 2.05) is 0 Å². The van der Waals surface area contributed by atoms with Gasteiger partial charge in [-0.15, -0.1) is 0 Å². The van der Waals surface area contributed by atoms with Crippen LogP contribution < -0.4 is 4.72 Å². The van der Waals surface area contributed by atoms with Crippen LogP contribution in [0.1, 0.15) is 25.0 Å². The topological polar surface area (TPSA) is 91.4 Å². The Morgan fingerprint density at radius 2 is 2.33 bits per heavy atom. The molecule has 7 heteroatoms. The molecule has 1 saturated heterocycles. The van der Waals surface area contributed by atoms with Crippen molar-refractivity contribution in [3.63, 3.8) is 0 Å². The minimum absolute atomic E-state index is 0.0372. The lowest BCUT2D eigenvalue weighted by molar-refractivity contribution is 0.0200. The van der Waals surface area contributed by atoms with Crippen LogP contribution in [0.5, 0.6) is 0 Å². The molecule has 1 aliphatic heterocycles. The van der Waals surface area contributed by atoms with E-state index in [9.17, 15) is 8.42 Å². The van der Waals surface area contributed by atoms with Gasteiger partial charge in [0.1, 0.15) is 0 Å². The molecule has 2 heterocycles. The van der Waals surface area contributed by atoms with E-state index in [1.54, 1.807) is 0 Å². The third-order valence-electron chi connectivity index (χ3n) is 2.97. The van der Waals surface area contributed by atoms with Crippen molar-refractivity contribution >= 4 is 10.0 Å². The van der Waals surface area contributed by atoms with Crippen molar-refractivity contribution < 1.29 is 18.3 Å². The smallest absolute Gasteiger partial charge is 0.242 e. The van der Waals surface area contributed by atoms with Crippen LogP contribution in [0.4, 0.5) is 0 Å². The summed E-state index contributed by atoms with van der Waals surface area (Å²) in [7, 11) is -3.52. The molecule has 0 saturated carbocycles. The molecule has 0 aliphatic carbocycles. The third kappa shape index (κ3) is 3.32. The molecule has 0 spiro atoms. The van der Waals surface area contributed by atoms with Gasteiger partial charge in [0.05, 0.1) is 17.6 Å². The number of hydrogen-bond donors (Lipinski definition) is 3. The second-order valence-electron chi connectivity index (χ2n) is 4.36. The van der Waals surface area contributed by atoms with Gasteiger partial charge in [-0.05, 0) is 25.3 Å². The molecule has 2 rings (SSSR count). The summed E-state index contributed by atoms with van der Waals surface area (Å²) in [5.41, 5.74) is 0.476. The average molecular weight is 274 g/mol. The number of sulfonamides is 1. The molecule has 1 atom stereocenters. The van der Waals surface area contributed by atoms with Crippen LogP contribution in [-0.2, 0) is 21.4 Å². The van der Waals surface area contributed by atoms with Crippen molar-refractivity contribution in [3.05, 3.63) is 18.0 Å². The summed E-state index contributed by atoms with van der Waals surface area (Å²) >= 11 is 0. The van der Waals surface area contributed by atoms with E-state index in [4.69, 9.17) is 9.84 Å². The van der Waals surface area contributed by atoms with Gasteiger partial charge in [0.2, 0.25) is 10.0 Å². The Morgan fingerprint density at radius 3 is 2.94 bits per heavy atom. The lowest BCUT2D eigenvalue weighted by Crippen LogP contribution is -2.35. The summed E-state index contributed by atoms with van der Waals surface area (Å²) in [6.07, 6.45) is 4.34. The second kappa shape index (κ2) is 5.83. The van der Waals surface area contributed by atoms with Gasteiger partial charge in [0.15, 0.2) is 0 Å². The molecule has 1 aliphatic rings. The van der Waals surface area contributed by atoms with Gasteiger partial charge in [-0.25, -0.2) is 13.1 Å². The summed E-state index contributed by atoms with van der Waals surface area (Å²) in [5, 5.41) is 8.88. The summed E-state index contributed by atoms with van der Waals surface area (Å²) in [6, 6.07) is 1.42. The first kappa shape index (κ1) is 13.5. The minimum atomic E-state index is -3.52.